The maximum absolute atomic E-state index is 13.1. The van der Waals surface area contributed by atoms with Crippen molar-refractivity contribution < 1.29 is 9.50 Å². The van der Waals surface area contributed by atoms with Gasteiger partial charge in [-0.1, -0.05) is 25.5 Å². The zero-order chi connectivity index (χ0) is 15.1. The van der Waals surface area contributed by atoms with Crippen LogP contribution < -0.4 is 5.32 Å². The molecule has 0 spiro atoms. The predicted molar refractivity (Wildman–Crippen MR) is 83.7 cm³/mol. The SMILES string of the molecule is CCNC(CCN(CCO)C1CCC1)c1ccc(F)cc1. The van der Waals surface area contributed by atoms with Crippen molar-refractivity contribution in [2.45, 2.75) is 44.7 Å². The number of hydrogen-bond donors (Lipinski definition) is 2. The van der Waals surface area contributed by atoms with Crippen LogP contribution in [0, 0.1) is 5.82 Å². The van der Waals surface area contributed by atoms with Gasteiger partial charge in [0.05, 0.1) is 6.61 Å². The first-order chi connectivity index (χ1) is 10.2. The van der Waals surface area contributed by atoms with Gasteiger partial charge in [0, 0.05) is 25.2 Å². The fourth-order valence-electron chi connectivity index (χ4n) is 2.98. The van der Waals surface area contributed by atoms with Gasteiger partial charge in [-0.3, -0.25) is 4.90 Å². The molecule has 4 heteroatoms. The number of aliphatic hydroxyl groups is 1. The highest BCUT2D eigenvalue weighted by molar-refractivity contribution is 5.20. The van der Waals surface area contributed by atoms with E-state index in [1.165, 1.54) is 31.4 Å². The van der Waals surface area contributed by atoms with E-state index in [2.05, 4.69) is 17.1 Å². The number of rotatable bonds is 9. The number of nitrogens with zero attached hydrogens (tertiary/aromatic N) is 1. The Morgan fingerprint density at radius 3 is 2.52 bits per heavy atom. The summed E-state index contributed by atoms with van der Waals surface area (Å²) in [7, 11) is 0. The highest BCUT2D eigenvalue weighted by Gasteiger charge is 2.25. The second-order valence-corrected chi connectivity index (χ2v) is 5.79. The lowest BCUT2D eigenvalue weighted by Crippen LogP contribution is -2.43. The molecule has 1 aliphatic carbocycles. The van der Waals surface area contributed by atoms with E-state index in [0.29, 0.717) is 6.04 Å². The van der Waals surface area contributed by atoms with Crippen molar-refractivity contribution in [2.75, 3.05) is 26.2 Å². The first-order valence-corrected chi connectivity index (χ1v) is 8.08. The Hall–Kier alpha value is -0.970. The quantitative estimate of drug-likeness (QED) is 0.735. The van der Waals surface area contributed by atoms with Gasteiger partial charge in [0.15, 0.2) is 0 Å². The van der Waals surface area contributed by atoms with Crippen LogP contribution in [0.5, 0.6) is 0 Å². The van der Waals surface area contributed by atoms with Crippen molar-refractivity contribution >= 4 is 0 Å². The van der Waals surface area contributed by atoms with Crippen molar-refractivity contribution in [3.8, 4) is 0 Å². The van der Waals surface area contributed by atoms with Crippen molar-refractivity contribution in [1.82, 2.24) is 10.2 Å². The van der Waals surface area contributed by atoms with Crippen LogP contribution in [-0.4, -0.2) is 42.3 Å². The maximum Gasteiger partial charge on any atom is 0.123 e. The summed E-state index contributed by atoms with van der Waals surface area (Å²) >= 11 is 0. The summed E-state index contributed by atoms with van der Waals surface area (Å²) in [6.07, 6.45) is 4.79. The van der Waals surface area contributed by atoms with Gasteiger partial charge in [0.2, 0.25) is 0 Å². The first-order valence-electron chi connectivity index (χ1n) is 8.08. The third-order valence-corrected chi connectivity index (χ3v) is 4.41. The molecule has 1 saturated carbocycles. The van der Waals surface area contributed by atoms with Gasteiger partial charge in [-0.15, -0.1) is 0 Å². The second-order valence-electron chi connectivity index (χ2n) is 5.79. The van der Waals surface area contributed by atoms with Crippen molar-refractivity contribution in [2.24, 2.45) is 0 Å². The van der Waals surface area contributed by atoms with Gasteiger partial charge in [-0.25, -0.2) is 4.39 Å². The van der Waals surface area contributed by atoms with Crippen molar-refractivity contribution in [1.29, 1.82) is 0 Å². The topological polar surface area (TPSA) is 35.5 Å². The average Bonchev–Trinajstić information content (AvgIpc) is 2.42. The van der Waals surface area contributed by atoms with Gasteiger partial charge in [-0.2, -0.15) is 0 Å². The molecule has 1 aromatic carbocycles. The second kappa shape index (κ2) is 8.47. The van der Waals surface area contributed by atoms with Crippen molar-refractivity contribution in [3.05, 3.63) is 35.6 Å². The van der Waals surface area contributed by atoms with E-state index < -0.39 is 0 Å². The van der Waals surface area contributed by atoms with Gasteiger partial charge in [0.1, 0.15) is 5.82 Å². The molecule has 1 unspecified atom stereocenters. The summed E-state index contributed by atoms with van der Waals surface area (Å²) in [5, 5.41) is 12.7. The molecule has 118 valence electrons. The van der Waals surface area contributed by atoms with Gasteiger partial charge < -0.3 is 10.4 Å². The summed E-state index contributed by atoms with van der Waals surface area (Å²) < 4.78 is 13.1. The van der Waals surface area contributed by atoms with Gasteiger partial charge in [-0.05, 0) is 43.5 Å². The van der Waals surface area contributed by atoms with Crippen LogP contribution in [-0.2, 0) is 0 Å². The Morgan fingerprint density at radius 2 is 2.00 bits per heavy atom. The average molecular weight is 294 g/mol. The lowest BCUT2D eigenvalue weighted by Gasteiger charge is -2.38. The third kappa shape index (κ3) is 4.77. The number of halogens is 1. The Morgan fingerprint density at radius 1 is 1.29 bits per heavy atom. The minimum absolute atomic E-state index is 0.189. The Labute approximate surface area is 127 Å². The van der Waals surface area contributed by atoms with E-state index in [4.69, 9.17) is 0 Å². The molecule has 2 N–H and O–H groups in total. The van der Waals surface area contributed by atoms with Gasteiger partial charge >= 0.3 is 0 Å². The molecule has 21 heavy (non-hydrogen) atoms. The molecule has 0 bridgehead atoms. The van der Waals surface area contributed by atoms with Crippen LogP contribution in [0.4, 0.5) is 4.39 Å². The molecule has 0 heterocycles. The zero-order valence-corrected chi connectivity index (χ0v) is 12.9. The first kappa shape index (κ1) is 16.4. The van der Waals surface area contributed by atoms with Crippen LogP contribution in [0.3, 0.4) is 0 Å². The Balaban J connectivity index is 1.93. The van der Waals surface area contributed by atoms with E-state index in [1.807, 2.05) is 12.1 Å². The molecule has 0 aromatic heterocycles. The molecular weight excluding hydrogens is 267 g/mol. The number of nitrogens with one attached hydrogen (secondary N) is 1. The number of aliphatic hydroxyl groups excluding tert-OH is 1. The molecule has 1 fully saturated rings. The molecule has 1 aromatic rings. The fraction of sp³-hybridized carbons (Fsp3) is 0.647. The third-order valence-electron chi connectivity index (χ3n) is 4.41. The molecule has 0 amide bonds. The summed E-state index contributed by atoms with van der Waals surface area (Å²) in [4.78, 5) is 2.40. The molecular formula is C17H27FN2O. The molecule has 0 radical (unpaired) electrons. The van der Waals surface area contributed by atoms with Crippen LogP contribution in [0.15, 0.2) is 24.3 Å². The van der Waals surface area contributed by atoms with E-state index in [-0.39, 0.29) is 18.5 Å². The molecule has 0 aliphatic heterocycles. The minimum atomic E-state index is -0.189. The Bertz CT molecular complexity index is 406. The van der Waals surface area contributed by atoms with Crippen LogP contribution in [0.25, 0.3) is 0 Å². The predicted octanol–water partition coefficient (Wildman–Crippen LogP) is 2.71. The fourth-order valence-corrected chi connectivity index (χ4v) is 2.98. The molecule has 1 aliphatic rings. The minimum Gasteiger partial charge on any atom is -0.395 e. The molecule has 2 rings (SSSR count). The lowest BCUT2D eigenvalue weighted by atomic mass is 9.91. The summed E-state index contributed by atoms with van der Waals surface area (Å²) in [5.41, 5.74) is 1.14. The van der Waals surface area contributed by atoms with E-state index >= 15 is 0 Å². The zero-order valence-electron chi connectivity index (χ0n) is 12.9. The van der Waals surface area contributed by atoms with Crippen LogP contribution >= 0.6 is 0 Å². The maximum atomic E-state index is 13.1. The largest absolute Gasteiger partial charge is 0.395 e. The van der Waals surface area contributed by atoms with Crippen LogP contribution in [0.2, 0.25) is 0 Å². The standard InChI is InChI=1S/C17H27FN2O/c1-2-19-17(14-6-8-15(18)9-7-14)10-11-20(12-13-21)16-4-3-5-16/h6-9,16-17,19,21H,2-5,10-13H2,1H3. The lowest BCUT2D eigenvalue weighted by molar-refractivity contribution is 0.0969. The summed E-state index contributed by atoms with van der Waals surface area (Å²) in [6.45, 7) is 4.94. The normalized spacial score (nSPS) is 17.0. The van der Waals surface area contributed by atoms with Crippen LogP contribution in [0.1, 0.15) is 44.2 Å². The summed E-state index contributed by atoms with van der Waals surface area (Å²) in [6, 6.07) is 7.67. The monoisotopic (exact) mass is 294 g/mol. The van der Waals surface area contributed by atoms with E-state index in [9.17, 15) is 9.50 Å². The van der Waals surface area contributed by atoms with Gasteiger partial charge in [0.25, 0.3) is 0 Å². The molecule has 3 nitrogen and oxygen atoms in total. The smallest absolute Gasteiger partial charge is 0.123 e. The van der Waals surface area contributed by atoms with E-state index in [1.54, 1.807) is 0 Å². The Kier molecular flexibility index (Phi) is 6.61. The van der Waals surface area contributed by atoms with E-state index in [0.717, 1.165) is 31.6 Å². The molecule has 1 atom stereocenters. The molecule has 0 saturated heterocycles. The number of hydrogen-bond acceptors (Lipinski definition) is 3. The highest BCUT2D eigenvalue weighted by Crippen LogP contribution is 2.26. The highest BCUT2D eigenvalue weighted by atomic mass is 19.1. The van der Waals surface area contributed by atoms with Crippen molar-refractivity contribution in [3.63, 3.8) is 0 Å². The number of benzene rings is 1. The summed E-state index contributed by atoms with van der Waals surface area (Å²) in [5.74, 6) is -0.189.